The van der Waals surface area contributed by atoms with Gasteiger partial charge in [0.05, 0.1) is 33.0 Å². The maximum absolute atomic E-state index is 13.2. The number of ether oxygens (including phenoxy) is 9. The van der Waals surface area contributed by atoms with E-state index in [9.17, 15) is 38.4 Å². The van der Waals surface area contributed by atoms with Crippen LogP contribution in [0.5, 0.6) is 0 Å². The molecule has 0 saturated carbocycles. The van der Waals surface area contributed by atoms with Crippen molar-refractivity contribution in [2.45, 2.75) is 129 Å². The van der Waals surface area contributed by atoms with E-state index in [0.29, 0.717) is 25.7 Å². The second kappa shape index (κ2) is 28.1. The summed E-state index contributed by atoms with van der Waals surface area (Å²) in [6, 6.07) is 0. The Morgan fingerprint density at radius 2 is 0.724 bits per heavy atom. The Kier molecular flexibility index (Phi) is 24.6. The van der Waals surface area contributed by atoms with Gasteiger partial charge >= 0.3 is 47.8 Å². The largest absolute Gasteiger partial charge is 0.462 e. The topological polar surface area (TPSA) is 220 Å². The van der Waals surface area contributed by atoms with Gasteiger partial charge in [0.25, 0.3) is 0 Å². The Morgan fingerprint density at radius 3 is 1.05 bits per heavy atom. The molecule has 0 aromatic carbocycles. The minimum atomic E-state index is -1.59. The third-order valence-corrected chi connectivity index (χ3v) is 7.88. The van der Waals surface area contributed by atoms with Crippen LogP contribution in [0.15, 0.2) is 48.6 Å². The van der Waals surface area contributed by atoms with E-state index >= 15 is 0 Å². The highest BCUT2D eigenvalue weighted by molar-refractivity contribution is 5.88. The standard InChI is InChI=1S/C41H58O17/c1-26(2)37(46)50-21-13-9-17-31(42)55-30-25-54-41(58-34(45)20-12-16-24-53-40(49)29(7)8)36(57-33(44)19-11-15-23-52-39(48)28(5)6)35(30)56-32(43)18-10-14-22-51-38(47)27(3)4/h30,35-36,41H,1,3,5,7,9-25H2,2,4,6,8H3. The summed E-state index contributed by atoms with van der Waals surface area (Å²) in [7, 11) is 0. The van der Waals surface area contributed by atoms with Gasteiger partial charge < -0.3 is 42.6 Å². The molecule has 0 aliphatic carbocycles. The maximum Gasteiger partial charge on any atom is 0.333 e. The highest BCUT2D eigenvalue weighted by Gasteiger charge is 2.49. The normalized spacial score (nSPS) is 17.0. The summed E-state index contributed by atoms with van der Waals surface area (Å²) in [5.41, 5.74) is 0.894. The Balaban J connectivity index is 3.15. The molecule has 17 heteroatoms. The molecule has 0 spiro atoms. The van der Waals surface area contributed by atoms with Crippen LogP contribution < -0.4 is 0 Å². The summed E-state index contributed by atoms with van der Waals surface area (Å²) < 4.78 is 48.6. The van der Waals surface area contributed by atoms with Gasteiger partial charge in [-0.05, 0) is 79.1 Å². The number of hydrogen-bond acceptors (Lipinski definition) is 17. The van der Waals surface area contributed by atoms with Crippen LogP contribution in [0.2, 0.25) is 0 Å². The molecule has 0 bridgehead atoms. The van der Waals surface area contributed by atoms with Crippen molar-refractivity contribution in [3.8, 4) is 0 Å². The van der Waals surface area contributed by atoms with E-state index in [1.807, 2.05) is 0 Å². The van der Waals surface area contributed by atoms with Crippen LogP contribution in [0.4, 0.5) is 0 Å². The highest BCUT2D eigenvalue weighted by Crippen LogP contribution is 2.27. The molecule has 4 unspecified atom stereocenters. The van der Waals surface area contributed by atoms with Crippen molar-refractivity contribution in [1.29, 1.82) is 0 Å². The molecule has 324 valence electrons. The van der Waals surface area contributed by atoms with Crippen molar-refractivity contribution in [2.75, 3.05) is 33.0 Å². The Morgan fingerprint density at radius 1 is 0.431 bits per heavy atom. The third kappa shape index (κ3) is 21.8. The van der Waals surface area contributed by atoms with E-state index in [1.54, 1.807) is 0 Å². The summed E-state index contributed by atoms with van der Waals surface area (Å²) >= 11 is 0. The lowest BCUT2D eigenvalue weighted by Crippen LogP contribution is -2.58. The summed E-state index contributed by atoms with van der Waals surface area (Å²) in [5.74, 6) is -5.38. The zero-order valence-electron chi connectivity index (χ0n) is 34.1. The Bertz CT molecular complexity index is 1380. The first-order chi connectivity index (χ1) is 27.4. The van der Waals surface area contributed by atoms with Crippen LogP contribution in [-0.4, -0.2) is 105 Å². The minimum absolute atomic E-state index is 0.0130. The average molecular weight is 823 g/mol. The number of rotatable bonds is 28. The molecule has 0 N–H and O–H groups in total. The van der Waals surface area contributed by atoms with Gasteiger partial charge in [-0.1, -0.05) is 26.3 Å². The number of carbonyl (C=O) groups excluding carboxylic acids is 8. The van der Waals surface area contributed by atoms with Crippen LogP contribution in [0, 0.1) is 0 Å². The monoisotopic (exact) mass is 822 g/mol. The molecular formula is C41H58O17. The predicted molar refractivity (Wildman–Crippen MR) is 204 cm³/mol. The second-order valence-electron chi connectivity index (χ2n) is 13.6. The summed E-state index contributed by atoms with van der Waals surface area (Å²) in [5, 5.41) is 0. The molecule has 0 radical (unpaired) electrons. The van der Waals surface area contributed by atoms with Crippen molar-refractivity contribution in [2.24, 2.45) is 0 Å². The minimum Gasteiger partial charge on any atom is -0.462 e. The number of carbonyl (C=O) groups is 8. The van der Waals surface area contributed by atoms with Crippen LogP contribution >= 0.6 is 0 Å². The molecular weight excluding hydrogens is 764 g/mol. The van der Waals surface area contributed by atoms with Gasteiger partial charge in [0.15, 0.2) is 12.2 Å². The van der Waals surface area contributed by atoms with Gasteiger partial charge in [0.1, 0.15) is 0 Å². The lowest BCUT2D eigenvalue weighted by molar-refractivity contribution is -0.275. The molecule has 1 rings (SSSR count). The number of unbranched alkanes of at least 4 members (excludes halogenated alkanes) is 4. The van der Waals surface area contributed by atoms with Crippen LogP contribution in [-0.2, 0) is 81.0 Å². The second-order valence-corrected chi connectivity index (χ2v) is 13.6. The van der Waals surface area contributed by atoms with Crippen LogP contribution in [0.3, 0.4) is 0 Å². The lowest BCUT2D eigenvalue weighted by Gasteiger charge is -2.40. The van der Waals surface area contributed by atoms with Gasteiger partial charge in [0, 0.05) is 48.0 Å². The third-order valence-electron chi connectivity index (χ3n) is 7.88. The van der Waals surface area contributed by atoms with Crippen molar-refractivity contribution in [3.05, 3.63) is 48.6 Å². The van der Waals surface area contributed by atoms with Gasteiger partial charge in [-0.25, -0.2) is 19.2 Å². The fourth-order valence-corrected chi connectivity index (χ4v) is 4.69. The average Bonchev–Trinajstić information content (AvgIpc) is 3.15. The fraction of sp³-hybridized carbons (Fsp3) is 0.610. The van der Waals surface area contributed by atoms with Crippen molar-refractivity contribution < 1.29 is 81.0 Å². The van der Waals surface area contributed by atoms with E-state index in [4.69, 9.17) is 42.6 Å². The smallest absolute Gasteiger partial charge is 0.333 e. The summed E-state index contributed by atoms with van der Waals surface area (Å²) in [4.78, 5) is 98.9. The predicted octanol–water partition coefficient (Wildman–Crippen LogP) is 4.78. The summed E-state index contributed by atoms with van der Waals surface area (Å²) in [6.45, 7) is 19.7. The first kappa shape index (κ1) is 50.7. The lowest BCUT2D eigenvalue weighted by atomic mass is 10.0. The van der Waals surface area contributed by atoms with E-state index in [-0.39, 0.29) is 100 Å². The molecule has 1 saturated heterocycles. The van der Waals surface area contributed by atoms with E-state index in [1.165, 1.54) is 27.7 Å². The van der Waals surface area contributed by atoms with Gasteiger partial charge in [-0.2, -0.15) is 0 Å². The van der Waals surface area contributed by atoms with Gasteiger partial charge in [-0.15, -0.1) is 0 Å². The molecule has 4 atom stereocenters. The molecule has 0 aromatic heterocycles. The molecule has 1 fully saturated rings. The highest BCUT2D eigenvalue weighted by atomic mass is 16.7. The van der Waals surface area contributed by atoms with Crippen molar-refractivity contribution in [1.82, 2.24) is 0 Å². The Hall–Kier alpha value is -5.32. The number of esters is 8. The van der Waals surface area contributed by atoms with E-state index in [0.717, 1.165) is 0 Å². The SMILES string of the molecule is C=C(C)C(=O)OCCCCC(=O)OC1COC(OC(=O)CCCCOC(=O)C(=C)C)C(OC(=O)CCCCOC(=O)C(=C)C)C1OC(=O)CCCCOC(=O)C(=C)C. The number of hydrogen-bond donors (Lipinski definition) is 0. The maximum atomic E-state index is 13.2. The molecule has 0 amide bonds. The first-order valence-corrected chi connectivity index (χ1v) is 19.1. The molecule has 17 nitrogen and oxygen atoms in total. The molecule has 1 aliphatic heterocycles. The van der Waals surface area contributed by atoms with Crippen LogP contribution in [0.25, 0.3) is 0 Å². The quantitative estimate of drug-likeness (QED) is 0.0449. The zero-order valence-corrected chi connectivity index (χ0v) is 34.1. The van der Waals surface area contributed by atoms with Gasteiger partial charge in [0.2, 0.25) is 12.4 Å². The Labute approximate surface area is 339 Å². The molecule has 1 heterocycles. The fourth-order valence-electron chi connectivity index (χ4n) is 4.69. The molecule has 58 heavy (non-hydrogen) atoms. The van der Waals surface area contributed by atoms with E-state index < -0.39 is 79.0 Å². The summed E-state index contributed by atoms with van der Waals surface area (Å²) in [6.07, 6.45) is -4.41. The van der Waals surface area contributed by atoms with Crippen molar-refractivity contribution in [3.63, 3.8) is 0 Å². The van der Waals surface area contributed by atoms with E-state index in [2.05, 4.69) is 26.3 Å². The van der Waals surface area contributed by atoms with Crippen molar-refractivity contribution >= 4 is 47.8 Å². The zero-order chi connectivity index (χ0) is 43.6. The van der Waals surface area contributed by atoms with Crippen LogP contribution in [0.1, 0.15) is 105 Å². The van der Waals surface area contributed by atoms with Gasteiger partial charge in [-0.3, -0.25) is 19.2 Å². The molecule has 0 aromatic rings. The molecule has 1 aliphatic rings. The first-order valence-electron chi connectivity index (χ1n) is 19.1.